The second-order valence-electron chi connectivity index (χ2n) is 9.35. The molecule has 0 amide bonds. The van der Waals surface area contributed by atoms with E-state index < -0.39 is 0 Å². The van der Waals surface area contributed by atoms with E-state index in [2.05, 4.69) is 65.1 Å². The molecular weight excluding hydrogens is 408 g/mol. The summed E-state index contributed by atoms with van der Waals surface area (Å²) in [6, 6.07) is 20.6. The second kappa shape index (κ2) is 7.69. The van der Waals surface area contributed by atoms with E-state index in [-0.39, 0.29) is 17.7 Å². The fourth-order valence-electron chi connectivity index (χ4n) is 5.27. The summed E-state index contributed by atoms with van der Waals surface area (Å²) in [4.78, 5) is 22.9. The summed E-state index contributed by atoms with van der Waals surface area (Å²) in [5.74, 6) is 1.64. The van der Waals surface area contributed by atoms with Gasteiger partial charge in [-0.05, 0) is 53.1 Å². The van der Waals surface area contributed by atoms with Crippen LogP contribution < -0.4 is 5.32 Å². The molecule has 2 aromatic heterocycles. The number of hydrogen-bond acceptors (Lipinski definition) is 4. The Bertz CT molecular complexity index is 1380. The molecule has 164 valence electrons. The fourth-order valence-corrected chi connectivity index (χ4v) is 5.27. The topological polar surface area (TPSA) is 59.8 Å². The number of rotatable bonds is 3. The van der Waals surface area contributed by atoms with Gasteiger partial charge in [-0.1, -0.05) is 56.3 Å². The number of nitrogens with zero attached hydrogens (tertiary/aromatic N) is 3. The summed E-state index contributed by atoms with van der Waals surface area (Å²) in [6.45, 7) is 4.40. The highest BCUT2D eigenvalue weighted by atomic mass is 16.1. The monoisotopic (exact) mass is 434 g/mol. The molecule has 1 N–H and O–H groups in total. The van der Waals surface area contributed by atoms with Crippen LogP contribution in [0.3, 0.4) is 0 Å². The Kier molecular flexibility index (Phi) is 4.64. The summed E-state index contributed by atoms with van der Waals surface area (Å²) in [6.07, 6.45) is 4.94. The molecule has 2 aliphatic rings. The minimum Gasteiger partial charge on any atom is -0.329 e. The Morgan fingerprint density at radius 3 is 2.55 bits per heavy atom. The number of nitrogens with one attached hydrogen (secondary N) is 1. The lowest BCUT2D eigenvalue weighted by atomic mass is 9.77. The first-order valence-electron chi connectivity index (χ1n) is 11.6. The lowest BCUT2D eigenvalue weighted by molar-refractivity contribution is -0.116. The van der Waals surface area contributed by atoms with Crippen LogP contribution in [0.25, 0.3) is 11.0 Å². The van der Waals surface area contributed by atoms with Crippen LogP contribution in [-0.2, 0) is 4.79 Å². The van der Waals surface area contributed by atoms with Gasteiger partial charge in [-0.3, -0.25) is 14.3 Å². The standard InChI is InChI=1S/C28H26N4O/c1-17(2)18-9-11-19(12-10-18)21-14-23-26(25(33)15-21)27(20-6-5-13-29-16-20)32-24-8-4-3-7-22(24)30-28(32)31-23/h3-13,16-17,21,27H,14-15H2,1-2H3,(H,30,31). The van der Waals surface area contributed by atoms with Crippen molar-refractivity contribution in [3.05, 3.63) is 101 Å². The first kappa shape index (κ1) is 19.9. The van der Waals surface area contributed by atoms with Crippen molar-refractivity contribution in [1.82, 2.24) is 14.5 Å². The zero-order valence-corrected chi connectivity index (χ0v) is 18.8. The molecule has 0 radical (unpaired) electrons. The molecule has 5 nitrogen and oxygen atoms in total. The maximum absolute atomic E-state index is 13.7. The summed E-state index contributed by atoms with van der Waals surface area (Å²) in [7, 11) is 0. The fraction of sp³-hybridized carbons (Fsp3) is 0.250. The quantitative estimate of drug-likeness (QED) is 0.431. The number of ketones is 1. The SMILES string of the molecule is CC(C)c1ccc(C2CC(=O)C3=C(C2)Nc2nc4ccccc4n2C3c2cccnc2)cc1. The number of imidazole rings is 1. The molecule has 0 fully saturated rings. The zero-order chi connectivity index (χ0) is 22.5. The third-order valence-corrected chi connectivity index (χ3v) is 6.97. The van der Waals surface area contributed by atoms with E-state index in [0.29, 0.717) is 12.3 Å². The number of benzene rings is 2. The van der Waals surface area contributed by atoms with Crippen LogP contribution in [0.4, 0.5) is 5.95 Å². The number of para-hydroxylation sites is 2. The summed E-state index contributed by atoms with van der Waals surface area (Å²) < 4.78 is 2.15. The number of anilines is 1. The summed E-state index contributed by atoms with van der Waals surface area (Å²) >= 11 is 0. The molecule has 2 aromatic carbocycles. The number of aromatic nitrogens is 3. The first-order valence-corrected chi connectivity index (χ1v) is 11.6. The van der Waals surface area contributed by atoms with Crippen LogP contribution in [0.2, 0.25) is 0 Å². The van der Waals surface area contributed by atoms with Crippen molar-refractivity contribution in [2.75, 3.05) is 5.32 Å². The Morgan fingerprint density at radius 2 is 1.79 bits per heavy atom. The van der Waals surface area contributed by atoms with Crippen LogP contribution in [0, 0.1) is 0 Å². The van der Waals surface area contributed by atoms with Gasteiger partial charge in [0.1, 0.15) is 0 Å². The van der Waals surface area contributed by atoms with E-state index in [0.717, 1.165) is 40.2 Å². The van der Waals surface area contributed by atoms with E-state index >= 15 is 0 Å². The molecule has 0 saturated carbocycles. The van der Waals surface area contributed by atoms with Crippen molar-refractivity contribution in [3.63, 3.8) is 0 Å². The Morgan fingerprint density at radius 1 is 0.970 bits per heavy atom. The average molecular weight is 435 g/mol. The van der Waals surface area contributed by atoms with Gasteiger partial charge in [-0.25, -0.2) is 4.98 Å². The highest BCUT2D eigenvalue weighted by molar-refractivity contribution is 6.01. The van der Waals surface area contributed by atoms with Crippen molar-refractivity contribution < 1.29 is 4.79 Å². The van der Waals surface area contributed by atoms with Crippen molar-refractivity contribution in [1.29, 1.82) is 0 Å². The van der Waals surface area contributed by atoms with Crippen molar-refractivity contribution in [2.24, 2.45) is 0 Å². The summed E-state index contributed by atoms with van der Waals surface area (Å²) in [5.41, 5.74) is 7.31. The molecule has 1 aliphatic heterocycles. The van der Waals surface area contributed by atoms with Crippen LogP contribution >= 0.6 is 0 Å². The Labute approximate surface area is 193 Å². The zero-order valence-electron chi connectivity index (χ0n) is 18.8. The number of hydrogen-bond donors (Lipinski definition) is 1. The second-order valence-corrected chi connectivity index (χ2v) is 9.35. The molecule has 1 aliphatic carbocycles. The molecule has 0 spiro atoms. The predicted molar refractivity (Wildman–Crippen MR) is 130 cm³/mol. The average Bonchev–Trinajstić information content (AvgIpc) is 3.21. The molecule has 0 saturated heterocycles. The highest BCUT2D eigenvalue weighted by Crippen LogP contribution is 2.45. The Hall–Kier alpha value is -3.73. The van der Waals surface area contributed by atoms with Crippen molar-refractivity contribution in [3.8, 4) is 0 Å². The molecule has 4 aromatic rings. The molecule has 2 unspecified atom stereocenters. The van der Waals surface area contributed by atoms with Gasteiger partial charge < -0.3 is 5.32 Å². The number of Topliss-reactive ketones (excluding diaryl/α,β-unsaturated/α-hetero) is 1. The van der Waals surface area contributed by atoms with Gasteiger partial charge in [0, 0.05) is 30.1 Å². The first-order chi connectivity index (χ1) is 16.1. The number of pyridine rings is 1. The van der Waals surface area contributed by atoms with Crippen LogP contribution in [0.15, 0.2) is 84.3 Å². The molecule has 6 rings (SSSR count). The predicted octanol–water partition coefficient (Wildman–Crippen LogP) is 5.97. The highest BCUT2D eigenvalue weighted by Gasteiger charge is 2.39. The molecule has 3 heterocycles. The number of carbonyl (C=O) groups excluding carboxylic acids is 1. The van der Waals surface area contributed by atoms with Gasteiger partial charge in [0.2, 0.25) is 5.95 Å². The van der Waals surface area contributed by atoms with Crippen molar-refractivity contribution in [2.45, 2.75) is 44.6 Å². The third-order valence-electron chi connectivity index (χ3n) is 6.97. The lowest BCUT2D eigenvalue weighted by Gasteiger charge is -2.36. The smallest absolute Gasteiger partial charge is 0.209 e. The molecule has 5 heteroatoms. The van der Waals surface area contributed by atoms with E-state index in [1.165, 1.54) is 11.1 Å². The van der Waals surface area contributed by atoms with Gasteiger partial charge in [0.05, 0.1) is 17.1 Å². The molecule has 0 bridgehead atoms. The number of fused-ring (bicyclic) bond motifs is 3. The van der Waals surface area contributed by atoms with E-state index in [1.807, 2.05) is 30.5 Å². The number of carbonyl (C=O) groups is 1. The minimum absolute atomic E-state index is 0.162. The van der Waals surface area contributed by atoms with E-state index in [9.17, 15) is 4.79 Å². The molecule has 33 heavy (non-hydrogen) atoms. The van der Waals surface area contributed by atoms with Gasteiger partial charge in [0.25, 0.3) is 0 Å². The normalized spacial score (nSPS) is 20.0. The number of allylic oxidation sites excluding steroid dienone is 2. The van der Waals surface area contributed by atoms with Crippen molar-refractivity contribution >= 4 is 22.8 Å². The largest absolute Gasteiger partial charge is 0.329 e. The lowest BCUT2D eigenvalue weighted by Crippen LogP contribution is -2.33. The van der Waals surface area contributed by atoms with Crippen LogP contribution in [-0.4, -0.2) is 20.3 Å². The van der Waals surface area contributed by atoms with Gasteiger partial charge in [-0.15, -0.1) is 0 Å². The van der Waals surface area contributed by atoms with Gasteiger partial charge in [-0.2, -0.15) is 0 Å². The molecular formula is C28H26N4O. The summed E-state index contributed by atoms with van der Waals surface area (Å²) in [5, 5.41) is 3.54. The van der Waals surface area contributed by atoms with Crippen LogP contribution in [0.5, 0.6) is 0 Å². The van der Waals surface area contributed by atoms with Gasteiger partial charge >= 0.3 is 0 Å². The van der Waals surface area contributed by atoms with Gasteiger partial charge in [0.15, 0.2) is 5.78 Å². The van der Waals surface area contributed by atoms with E-state index in [1.54, 1.807) is 6.20 Å². The maximum atomic E-state index is 13.7. The maximum Gasteiger partial charge on any atom is 0.209 e. The van der Waals surface area contributed by atoms with Crippen LogP contribution in [0.1, 0.15) is 61.3 Å². The molecule has 2 atom stereocenters. The van der Waals surface area contributed by atoms with E-state index in [4.69, 9.17) is 4.98 Å². The Balaban J connectivity index is 1.46. The third kappa shape index (κ3) is 3.27. The minimum atomic E-state index is -0.228.